The van der Waals surface area contributed by atoms with Gasteiger partial charge in [-0.15, -0.1) is 0 Å². The molecule has 0 heterocycles. The number of nitrogens with two attached hydrogens (primary N) is 1. The first-order valence-corrected chi connectivity index (χ1v) is 6.99. The quantitative estimate of drug-likeness (QED) is 0.818. The fourth-order valence-electron chi connectivity index (χ4n) is 1.33. The second-order valence-electron chi connectivity index (χ2n) is 4.15. The molecule has 8 heteroatoms. The third-order valence-corrected chi connectivity index (χ3v) is 2.95. The van der Waals surface area contributed by atoms with E-state index in [9.17, 15) is 17.6 Å². The van der Waals surface area contributed by atoms with E-state index in [4.69, 9.17) is 9.88 Å². The van der Waals surface area contributed by atoms with Gasteiger partial charge in [0.2, 0.25) is 10.0 Å². The highest BCUT2D eigenvalue weighted by Crippen LogP contribution is 2.23. The molecular formula is C11H15FN2O4S. The fourth-order valence-corrected chi connectivity index (χ4v) is 2.01. The van der Waals surface area contributed by atoms with E-state index in [0.29, 0.717) is 0 Å². The van der Waals surface area contributed by atoms with Crippen molar-refractivity contribution in [1.82, 2.24) is 5.32 Å². The first-order chi connectivity index (χ1) is 8.70. The molecule has 0 aliphatic rings. The number of hydrogen-bond acceptors (Lipinski definition) is 4. The molecule has 1 rings (SSSR count). The van der Waals surface area contributed by atoms with Crippen LogP contribution >= 0.6 is 0 Å². The van der Waals surface area contributed by atoms with Crippen LogP contribution in [-0.4, -0.2) is 27.0 Å². The van der Waals surface area contributed by atoms with Gasteiger partial charge in [-0.1, -0.05) is 0 Å². The Morgan fingerprint density at radius 2 is 2.11 bits per heavy atom. The average molecular weight is 290 g/mol. The molecule has 0 unspecified atom stereocenters. The Morgan fingerprint density at radius 1 is 1.47 bits per heavy atom. The molecule has 1 aromatic rings. The van der Waals surface area contributed by atoms with Crippen LogP contribution < -0.4 is 15.2 Å². The van der Waals surface area contributed by atoms with Crippen LogP contribution in [0.4, 0.5) is 4.39 Å². The topological polar surface area (TPSA) is 98.5 Å². The molecule has 1 aromatic carbocycles. The summed E-state index contributed by atoms with van der Waals surface area (Å²) in [5.41, 5.74) is 0. The van der Waals surface area contributed by atoms with E-state index in [2.05, 4.69) is 5.32 Å². The first kappa shape index (κ1) is 15.4. The van der Waals surface area contributed by atoms with Crippen LogP contribution in [0.25, 0.3) is 0 Å². The zero-order valence-electron chi connectivity index (χ0n) is 10.5. The molecule has 106 valence electrons. The molecule has 0 spiro atoms. The Bertz CT molecular complexity index is 572. The number of halogens is 1. The summed E-state index contributed by atoms with van der Waals surface area (Å²) >= 11 is 0. The second kappa shape index (κ2) is 5.98. The Balaban J connectivity index is 2.88. The molecule has 3 N–H and O–H groups in total. The lowest BCUT2D eigenvalue weighted by molar-refractivity contribution is -0.123. The Labute approximate surface area is 110 Å². The number of carbonyl (C=O) groups excluding carboxylic acids is 1. The predicted octanol–water partition coefficient (Wildman–Crippen LogP) is 0.377. The van der Waals surface area contributed by atoms with Gasteiger partial charge in [0.15, 0.2) is 6.61 Å². The summed E-state index contributed by atoms with van der Waals surface area (Å²) < 4.78 is 40.6. The molecule has 0 saturated carbocycles. The zero-order chi connectivity index (χ0) is 14.6. The van der Waals surface area contributed by atoms with Gasteiger partial charge in [-0.05, 0) is 32.0 Å². The number of nitrogens with one attached hydrogen (secondary N) is 1. The molecule has 0 aliphatic heterocycles. The van der Waals surface area contributed by atoms with E-state index < -0.39 is 26.6 Å². The predicted molar refractivity (Wildman–Crippen MR) is 66.5 cm³/mol. The standard InChI is InChI=1S/C11H15FN2O4S/c1-7(2)14-11(15)6-18-9-4-3-8(12)5-10(9)19(13,16)17/h3-5,7H,6H2,1-2H3,(H,14,15)(H2,13,16,17). The van der Waals surface area contributed by atoms with Crippen molar-refractivity contribution in [2.75, 3.05) is 6.61 Å². The summed E-state index contributed by atoms with van der Waals surface area (Å²) in [4.78, 5) is 10.9. The maximum atomic E-state index is 13.0. The average Bonchev–Trinajstić information content (AvgIpc) is 2.25. The highest BCUT2D eigenvalue weighted by molar-refractivity contribution is 7.89. The fraction of sp³-hybridized carbons (Fsp3) is 0.364. The minimum absolute atomic E-state index is 0.0676. The van der Waals surface area contributed by atoms with Gasteiger partial charge < -0.3 is 10.1 Å². The lowest BCUT2D eigenvalue weighted by atomic mass is 10.3. The van der Waals surface area contributed by atoms with E-state index in [0.717, 1.165) is 18.2 Å². The third-order valence-electron chi connectivity index (χ3n) is 2.02. The van der Waals surface area contributed by atoms with E-state index in [1.807, 2.05) is 0 Å². The van der Waals surface area contributed by atoms with Crippen molar-refractivity contribution in [3.05, 3.63) is 24.0 Å². The number of primary sulfonamides is 1. The highest BCUT2D eigenvalue weighted by Gasteiger charge is 2.17. The second-order valence-corrected chi connectivity index (χ2v) is 5.68. The normalized spacial score (nSPS) is 11.4. The number of sulfonamides is 1. The summed E-state index contributed by atoms with van der Waals surface area (Å²) in [7, 11) is -4.12. The third kappa shape index (κ3) is 4.84. The van der Waals surface area contributed by atoms with Crippen molar-refractivity contribution in [2.24, 2.45) is 5.14 Å². The molecular weight excluding hydrogens is 275 g/mol. The summed E-state index contributed by atoms with van der Waals surface area (Å²) in [6, 6.07) is 2.80. The van der Waals surface area contributed by atoms with Crippen molar-refractivity contribution in [2.45, 2.75) is 24.8 Å². The van der Waals surface area contributed by atoms with E-state index in [1.54, 1.807) is 13.8 Å². The number of carbonyl (C=O) groups is 1. The smallest absolute Gasteiger partial charge is 0.258 e. The molecule has 0 atom stereocenters. The molecule has 6 nitrogen and oxygen atoms in total. The van der Waals surface area contributed by atoms with Crippen molar-refractivity contribution in [3.63, 3.8) is 0 Å². The Hall–Kier alpha value is -1.67. The summed E-state index contributed by atoms with van der Waals surface area (Å²) in [5, 5.41) is 7.50. The van der Waals surface area contributed by atoms with Crippen molar-refractivity contribution >= 4 is 15.9 Å². The lowest BCUT2D eigenvalue weighted by Crippen LogP contribution is -2.34. The molecule has 19 heavy (non-hydrogen) atoms. The van der Waals surface area contributed by atoms with Crippen molar-refractivity contribution < 1.29 is 22.3 Å². The Morgan fingerprint density at radius 3 is 2.63 bits per heavy atom. The van der Waals surface area contributed by atoms with Crippen LogP contribution in [0.1, 0.15) is 13.8 Å². The number of hydrogen-bond donors (Lipinski definition) is 2. The Kier molecular flexibility index (Phi) is 4.84. The van der Waals surface area contributed by atoms with Crippen LogP contribution in [0, 0.1) is 5.82 Å². The maximum Gasteiger partial charge on any atom is 0.258 e. The zero-order valence-corrected chi connectivity index (χ0v) is 11.3. The molecule has 0 aliphatic carbocycles. The van der Waals surface area contributed by atoms with Crippen LogP contribution in [0.5, 0.6) is 5.75 Å². The number of benzene rings is 1. The van der Waals surface area contributed by atoms with Crippen molar-refractivity contribution in [3.8, 4) is 5.75 Å². The van der Waals surface area contributed by atoms with Gasteiger partial charge in [-0.3, -0.25) is 4.79 Å². The number of amides is 1. The SMILES string of the molecule is CC(C)NC(=O)COc1ccc(F)cc1S(N)(=O)=O. The minimum Gasteiger partial charge on any atom is -0.482 e. The van der Waals surface area contributed by atoms with Gasteiger partial charge >= 0.3 is 0 Å². The summed E-state index contributed by atoms with van der Waals surface area (Å²) in [5.74, 6) is -1.34. The first-order valence-electron chi connectivity index (χ1n) is 5.44. The molecule has 0 radical (unpaired) electrons. The van der Waals surface area contributed by atoms with Crippen LogP contribution in [0.3, 0.4) is 0 Å². The van der Waals surface area contributed by atoms with Crippen LogP contribution in [-0.2, 0) is 14.8 Å². The van der Waals surface area contributed by atoms with E-state index in [-0.39, 0.29) is 18.4 Å². The lowest BCUT2D eigenvalue weighted by Gasteiger charge is -2.11. The van der Waals surface area contributed by atoms with Crippen molar-refractivity contribution in [1.29, 1.82) is 0 Å². The van der Waals surface area contributed by atoms with Gasteiger partial charge in [0.25, 0.3) is 5.91 Å². The van der Waals surface area contributed by atoms with Gasteiger partial charge in [-0.25, -0.2) is 17.9 Å². The van der Waals surface area contributed by atoms with Gasteiger partial charge in [-0.2, -0.15) is 0 Å². The largest absolute Gasteiger partial charge is 0.482 e. The highest BCUT2D eigenvalue weighted by atomic mass is 32.2. The summed E-state index contributed by atoms with van der Waals surface area (Å²) in [6.07, 6.45) is 0. The summed E-state index contributed by atoms with van der Waals surface area (Å²) in [6.45, 7) is 3.16. The van der Waals surface area contributed by atoms with Gasteiger partial charge in [0.1, 0.15) is 16.5 Å². The van der Waals surface area contributed by atoms with E-state index >= 15 is 0 Å². The molecule has 1 amide bonds. The van der Waals surface area contributed by atoms with Crippen LogP contribution in [0.2, 0.25) is 0 Å². The monoisotopic (exact) mass is 290 g/mol. The molecule has 0 bridgehead atoms. The van der Waals surface area contributed by atoms with E-state index in [1.165, 1.54) is 0 Å². The van der Waals surface area contributed by atoms with Gasteiger partial charge in [0, 0.05) is 6.04 Å². The maximum absolute atomic E-state index is 13.0. The molecule has 0 aromatic heterocycles. The molecule has 0 saturated heterocycles. The van der Waals surface area contributed by atoms with Gasteiger partial charge in [0.05, 0.1) is 0 Å². The minimum atomic E-state index is -4.12. The number of rotatable bonds is 5. The number of ether oxygens (including phenoxy) is 1. The molecule has 0 fully saturated rings. The van der Waals surface area contributed by atoms with Crippen LogP contribution in [0.15, 0.2) is 23.1 Å².